The first-order valence-corrected chi connectivity index (χ1v) is 13.0. The van der Waals surface area contributed by atoms with Crippen molar-refractivity contribution in [2.75, 3.05) is 0 Å². The molecule has 1 aromatic carbocycles. The zero-order valence-corrected chi connectivity index (χ0v) is 21.9. The topological polar surface area (TPSA) is 51.2 Å². The first-order chi connectivity index (χ1) is 15.9. The maximum Gasteiger partial charge on any atom is 0.190 e. The first kappa shape index (κ1) is 23.5. The summed E-state index contributed by atoms with van der Waals surface area (Å²) in [6.07, 6.45) is 7.32. The number of hydrogen-bond acceptors (Lipinski definition) is 3. The molecule has 1 saturated carbocycles. The molecule has 0 unspecified atom stereocenters. The molecule has 0 amide bonds. The van der Waals surface area contributed by atoms with Gasteiger partial charge in [-0.3, -0.25) is 14.4 Å². The lowest BCUT2D eigenvalue weighted by atomic mass is 9.42. The van der Waals surface area contributed by atoms with Gasteiger partial charge in [-0.2, -0.15) is 0 Å². The number of allylic oxidation sites excluding steroid dienone is 4. The van der Waals surface area contributed by atoms with Crippen molar-refractivity contribution in [1.82, 2.24) is 0 Å². The van der Waals surface area contributed by atoms with Crippen LogP contribution in [0.2, 0.25) is 0 Å². The van der Waals surface area contributed by atoms with Gasteiger partial charge in [-0.1, -0.05) is 50.0 Å². The molecule has 0 bridgehead atoms. The van der Waals surface area contributed by atoms with Crippen LogP contribution in [0.4, 0.5) is 0 Å². The smallest absolute Gasteiger partial charge is 0.190 e. The van der Waals surface area contributed by atoms with E-state index < -0.39 is 5.41 Å². The van der Waals surface area contributed by atoms with E-state index in [0.717, 1.165) is 40.7 Å². The Morgan fingerprint density at radius 3 is 2.24 bits per heavy atom. The largest absolute Gasteiger partial charge is 0.294 e. The summed E-state index contributed by atoms with van der Waals surface area (Å²) in [7, 11) is 0. The van der Waals surface area contributed by atoms with Crippen molar-refractivity contribution < 1.29 is 14.4 Å². The summed E-state index contributed by atoms with van der Waals surface area (Å²) in [5.74, 6) is 0.425. The SMILES string of the molecule is CC(=O)C1=C(C)C[C@]2(C)C[C@]3(C)Cc4c(C5CCCC5)ccc(C)c4C(=O)C3=C(C)[C@]2(C)C1=O. The van der Waals surface area contributed by atoms with Gasteiger partial charge in [0, 0.05) is 16.6 Å². The van der Waals surface area contributed by atoms with E-state index in [1.807, 2.05) is 27.7 Å². The van der Waals surface area contributed by atoms with Gasteiger partial charge in [-0.25, -0.2) is 0 Å². The minimum Gasteiger partial charge on any atom is -0.294 e. The minimum atomic E-state index is -0.841. The summed E-state index contributed by atoms with van der Waals surface area (Å²) in [4.78, 5) is 40.7. The van der Waals surface area contributed by atoms with Crippen LogP contribution >= 0.6 is 0 Å². The maximum absolute atomic E-state index is 14.3. The fourth-order valence-corrected chi connectivity index (χ4v) is 8.56. The Kier molecular flexibility index (Phi) is 5.07. The van der Waals surface area contributed by atoms with Crippen molar-refractivity contribution in [1.29, 1.82) is 0 Å². The number of rotatable bonds is 2. The van der Waals surface area contributed by atoms with Crippen LogP contribution in [0.1, 0.15) is 113 Å². The summed E-state index contributed by atoms with van der Waals surface area (Å²) in [5, 5.41) is 0. The third-order valence-electron chi connectivity index (χ3n) is 10.2. The van der Waals surface area contributed by atoms with Crippen LogP contribution in [0.5, 0.6) is 0 Å². The predicted octanol–water partition coefficient (Wildman–Crippen LogP) is 7.01. The van der Waals surface area contributed by atoms with Gasteiger partial charge in [0.05, 0.1) is 11.0 Å². The van der Waals surface area contributed by atoms with E-state index >= 15 is 0 Å². The zero-order valence-electron chi connectivity index (χ0n) is 21.9. The van der Waals surface area contributed by atoms with Crippen LogP contribution < -0.4 is 0 Å². The Balaban J connectivity index is 1.75. The van der Waals surface area contributed by atoms with Crippen LogP contribution in [-0.4, -0.2) is 17.3 Å². The third-order valence-corrected chi connectivity index (χ3v) is 10.2. The van der Waals surface area contributed by atoms with Crippen molar-refractivity contribution in [2.45, 2.75) is 99.3 Å². The Morgan fingerprint density at radius 2 is 1.62 bits per heavy atom. The second-order valence-electron chi connectivity index (χ2n) is 12.5. The Labute approximate surface area is 204 Å². The number of aryl methyl sites for hydroxylation is 1. The van der Waals surface area contributed by atoms with Crippen LogP contribution in [0.3, 0.4) is 0 Å². The van der Waals surface area contributed by atoms with Crippen LogP contribution in [0.15, 0.2) is 34.4 Å². The van der Waals surface area contributed by atoms with Gasteiger partial charge < -0.3 is 0 Å². The van der Waals surface area contributed by atoms with Gasteiger partial charge in [0.2, 0.25) is 0 Å². The molecule has 0 N–H and O–H groups in total. The highest BCUT2D eigenvalue weighted by molar-refractivity contribution is 6.24. The average Bonchev–Trinajstić information content (AvgIpc) is 3.24. The van der Waals surface area contributed by atoms with Gasteiger partial charge in [0.15, 0.2) is 17.3 Å². The highest BCUT2D eigenvalue weighted by Gasteiger charge is 2.63. The van der Waals surface area contributed by atoms with Crippen molar-refractivity contribution >= 4 is 17.3 Å². The second kappa shape index (κ2) is 7.35. The zero-order chi connectivity index (χ0) is 24.8. The van der Waals surface area contributed by atoms with Crippen LogP contribution in [0, 0.1) is 23.2 Å². The van der Waals surface area contributed by atoms with E-state index in [-0.39, 0.29) is 28.2 Å². The minimum absolute atomic E-state index is 0.0895. The van der Waals surface area contributed by atoms with Gasteiger partial charge >= 0.3 is 0 Å². The number of fused-ring (bicyclic) bond motifs is 3. The first-order valence-electron chi connectivity index (χ1n) is 13.0. The normalized spacial score (nSPS) is 33.7. The van der Waals surface area contributed by atoms with E-state index in [1.54, 1.807) is 0 Å². The van der Waals surface area contributed by atoms with Crippen molar-refractivity contribution in [2.24, 2.45) is 16.2 Å². The van der Waals surface area contributed by atoms with E-state index in [9.17, 15) is 14.4 Å². The molecule has 3 atom stereocenters. The fourth-order valence-electron chi connectivity index (χ4n) is 8.56. The van der Waals surface area contributed by atoms with Gasteiger partial charge in [-0.05, 0) is 94.7 Å². The van der Waals surface area contributed by atoms with E-state index in [4.69, 9.17) is 0 Å². The Morgan fingerprint density at radius 1 is 0.971 bits per heavy atom. The van der Waals surface area contributed by atoms with Gasteiger partial charge in [0.25, 0.3) is 0 Å². The number of Topliss-reactive ketones (excluding diaryl/α,β-unsaturated/α-hetero) is 3. The molecule has 5 rings (SSSR count). The molecule has 0 radical (unpaired) electrons. The molecule has 1 aromatic rings. The summed E-state index contributed by atoms with van der Waals surface area (Å²) in [5.41, 5.74) is 6.08. The third kappa shape index (κ3) is 2.85. The van der Waals surface area contributed by atoms with E-state index in [1.165, 1.54) is 43.7 Å². The van der Waals surface area contributed by atoms with Crippen LogP contribution in [0.25, 0.3) is 0 Å². The standard InChI is InChI=1S/C31H38O3/c1-17-12-13-22(21-10-8-9-11-21)23-15-29(5)16-30(6)14-18(2)24(20(4)32)28(34)31(30,7)19(3)26(29)27(33)25(17)23/h12-13,21H,8-11,14-16H2,1-7H3/t29-,30+,31+/m0/s1. The Bertz CT molecular complexity index is 1220. The molecule has 180 valence electrons. The highest BCUT2D eigenvalue weighted by Crippen LogP contribution is 2.66. The quantitative estimate of drug-likeness (QED) is 0.448. The van der Waals surface area contributed by atoms with Crippen LogP contribution in [-0.2, 0) is 16.0 Å². The molecule has 0 spiro atoms. The van der Waals surface area contributed by atoms with E-state index in [2.05, 4.69) is 26.0 Å². The molecule has 0 saturated heterocycles. The second-order valence-corrected chi connectivity index (χ2v) is 12.5. The number of benzene rings is 1. The molecule has 3 heteroatoms. The summed E-state index contributed by atoms with van der Waals surface area (Å²) in [6, 6.07) is 4.41. The van der Waals surface area contributed by atoms with Gasteiger partial charge in [0.1, 0.15) is 0 Å². The lowest BCUT2D eigenvalue weighted by Crippen LogP contribution is -2.57. The van der Waals surface area contributed by atoms with Crippen molar-refractivity contribution in [3.63, 3.8) is 0 Å². The molecule has 3 nitrogen and oxygen atoms in total. The predicted molar refractivity (Wildman–Crippen MR) is 135 cm³/mol. The maximum atomic E-state index is 14.3. The molecule has 0 heterocycles. The van der Waals surface area contributed by atoms with Crippen molar-refractivity contribution in [3.8, 4) is 0 Å². The number of carbonyl (C=O) groups is 3. The summed E-state index contributed by atoms with van der Waals surface area (Å²) in [6.45, 7) is 14.0. The summed E-state index contributed by atoms with van der Waals surface area (Å²) >= 11 is 0. The number of hydrogen-bond donors (Lipinski definition) is 0. The molecular weight excluding hydrogens is 420 g/mol. The molecular formula is C31H38O3. The number of carbonyl (C=O) groups excluding carboxylic acids is 3. The molecule has 4 aliphatic carbocycles. The Hall–Kier alpha value is -2.29. The lowest BCUT2D eigenvalue weighted by Gasteiger charge is -2.59. The molecule has 0 aliphatic heterocycles. The van der Waals surface area contributed by atoms with Crippen molar-refractivity contribution in [3.05, 3.63) is 56.7 Å². The molecule has 34 heavy (non-hydrogen) atoms. The summed E-state index contributed by atoms with van der Waals surface area (Å²) < 4.78 is 0. The highest BCUT2D eigenvalue weighted by atomic mass is 16.2. The molecule has 1 fully saturated rings. The van der Waals surface area contributed by atoms with E-state index in [0.29, 0.717) is 17.9 Å². The molecule has 4 aliphatic rings. The monoisotopic (exact) mass is 458 g/mol. The average molecular weight is 459 g/mol. The molecule has 0 aromatic heterocycles. The number of ketones is 3. The fraction of sp³-hybridized carbons (Fsp3) is 0.581. The van der Waals surface area contributed by atoms with Gasteiger partial charge in [-0.15, -0.1) is 0 Å². The lowest BCUT2D eigenvalue weighted by molar-refractivity contribution is -0.134.